The van der Waals surface area contributed by atoms with Crippen LogP contribution in [0.3, 0.4) is 0 Å². The van der Waals surface area contributed by atoms with Gasteiger partial charge >= 0.3 is 5.97 Å². The van der Waals surface area contributed by atoms with Crippen molar-refractivity contribution in [3.63, 3.8) is 0 Å². The van der Waals surface area contributed by atoms with Gasteiger partial charge in [-0.2, -0.15) is 0 Å². The average Bonchev–Trinajstić information content (AvgIpc) is 2.15. The summed E-state index contributed by atoms with van der Waals surface area (Å²) < 4.78 is 4.48. The maximum absolute atomic E-state index is 11.4. The van der Waals surface area contributed by atoms with E-state index < -0.39 is 12.0 Å². The Morgan fingerprint density at radius 1 is 1.33 bits per heavy atom. The number of nitrogens with one attached hydrogen (secondary N) is 1. The lowest BCUT2D eigenvalue weighted by atomic mass is 10.0. The second kappa shape index (κ2) is 6.40. The largest absolute Gasteiger partial charge is 0.467 e. The van der Waals surface area contributed by atoms with Crippen LogP contribution in [0.5, 0.6) is 0 Å². The molecule has 0 aromatic rings. The van der Waals surface area contributed by atoms with Gasteiger partial charge in [-0.25, -0.2) is 4.79 Å². The Labute approximate surface area is 90.4 Å². The molecule has 0 spiro atoms. The zero-order valence-electron chi connectivity index (χ0n) is 9.74. The van der Waals surface area contributed by atoms with E-state index in [1.807, 2.05) is 13.8 Å². The van der Waals surface area contributed by atoms with E-state index in [1.165, 1.54) is 7.11 Å². The summed E-state index contributed by atoms with van der Waals surface area (Å²) in [5, 5.41) is 2.52. The summed E-state index contributed by atoms with van der Waals surface area (Å²) in [7, 11) is 1.28. The molecule has 0 aliphatic rings. The minimum Gasteiger partial charge on any atom is -0.467 e. The highest BCUT2D eigenvalue weighted by atomic mass is 16.5. The van der Waals surface area contributed by atoms with Crippen molar-refractivity contribution in [2.75, 3.05) is 7.11 Å². The molecule has 0 rings (SSSR count). The molecule has 3 N–H and O–H groups in total. The summed E-state index contributed by atoms with van der Waals surface area (Å²) in [5.41, 5.74) is 5.72. The van der Waals surface area contributed by atoms with Crippen LogP contribution in [0.1, 0.15) is 27.2 Å². The molecule has 0 aliphatic heterocycles. The molecule has 1 unspecified atom stereocenters. The first-order chi connectivity index (χ1) is 6.88. The van der Waals surface area contributed by atoms with E-state index in [2.05, 4.69) is 10.1 Å². The molecule has 0 aromatic carbocycles. The number of ether oxygens (including phenoxy) is 1. The van der Waals surface area contributed by atoms with Crippen LogP contribution in [0, 0.1) is 5.92 Å². The fourth-order valence-corrected chi connectivity index (χ4v) is 0.986. The van der Waals surface area contributed by atoms with Gasteiger partial charge < -0.3 is 15.8 Å². The first kappa shape index (κ1) is 13.9. The molecule has 1 amide bonds. The molecule has 0 aromatic heterocycles. The van der Waals surface area contributed by atoms with Gasteiger partial charge in [-0.3, -0.25) is 4.79 Å². The van der Waals surface area contributed by atoms with Gasteiger partial charge in [0.05, 0.1) is 7.11 Å². The third-order valence-corrected chi connectivity index (χ3v) is 2.21. The van der Waals surface area contributed by atoms with Crippen LogP contribution >= 0.6 is 0 Å². The van der Waals surface area contributed by atoms with Gasteiger partial charge in [-0.15, -0.1) is 0 Å². The van der Waals surface area contributed by atoms with Crippen LogP contribution in [-0.4, -0.2) is 31.1 Å². The van der Waals surface area contributed by atoms with Crippen molar-refractivity contribution < 1.29 is 14.3 Å². The van der Waals surface area contributed by atoms with E-state index in [9.17, 15) is 9.59 Å². The molecule has 5 nitrogen and oxygen atoms in total. The van der Waals surface area contributed by atoms with Gasteiger partial charge in [-0.05, 0) is 12.8 Å². The molecule has 0 saturated carbocycles. The number of rotatable bonds is 5. The Morgan fingerprint density at radius 2 is 1.87 bits per heavy atom. The maximum atomic E-state index is 11.4. The highest BCUT2D eigenvalue weighted by molar-refractivity contribution is 5.84. The fraction of sp³-hybridized carbons (Fsp3) is 0.800. The maximum Gasteiger partial charge on any atom is 0.328 e. The highest BCUT2D eigenvalue weighted by Crippen LogP contribution is 2.02. The number of nitrogens with two attached hydrogens (primary N) is 1. The Balaban J connectivity index is 3.98. The number of carbonyl (C=O) groups excluding carboxylic acids is 2. The third-order valence-electron chi connectivity index (χ3n) is 2.21. The van der Waals surface area contributed by atoms with Crippen LogP contribution in [0.15, 0.2) is 0 Å². The highest BCUT2D eigenvalue weighted by Gasteiger charge is 2.18. The van der Waals surface area contributed by atoms with E-state index in [-0.39, 0.29) is 24.3 Å². The van der Waals surface area contributed by atoms with E-state index in [1.54, 1.807) is 6.92 Å². The summed E-state index contributed by atoms with van der Waals surface area (Å²) >= 11 is 0. The minimum atomic E-state index is -0.623. The van der Waals surface area contributed by atoms with Crippen molar-refractivity contribution in [1.82, 2.24) is 5.32 Å². The van der Waals surface area contributed by atoms with Crippen LogP contribution in [0.25, 0.3) is 0 Å². The molecule has 0 saturated heterocycles. The zero-order valence-corrected chi connectivity index (χ0v) is 9.74. The molecule has 0 aliphatic carbocycles. The second-order valence-electron chi connectivity index (χ2n) is 3.92. The normalized spacial score (nSPS) is 14.5. The van der Waals surface area contributed by atoms with Crippen molar-refractivity contribution in [3.8, 4) is 0 Å². The summed E-state index contributed by atoms with van der Waals surface area (Å²) in [5.74, 6) is -0.445. The van der Waals surface area contributed by atoms with Gasteiger partial charge in [0.25, 0.3) is 0 Å². The monoisotopic (exact) mass is 216 g/mol. The first-order valence-electron chi connectivity index (χ1n) is 5.01. The lowest BCUT2D eigenvalue weighted by Crippen LogP contribution is -2.42. The Morgan fingerprint density at radius 3 is 2.27 bits per heavy atom. The van der Waals surface area contributed by atoms with E-state index in [0.29, 0.717) is 0 Å². The molecule has 88 valence electrons. The lowest BCUT2D eigenvalue weighted by Gasteiger charge is -2.17. The molecule has 15 heavy (non-hydrogen) atoms. The van der Waals surface area contributed by atoms with Gasteiger partial charge in [0.2, 0.25) is 5.91 Å². The Bertz CT molecular complexity index is 229. The first-order valence-corrected chi connectivity index (χ1v) is 5.01. The molecule has 5 heteroatoms. The predicted molar refractivity (Wildman–Crippen MR) is 57.1 cm³/mol. The van der Waals surface area contributed by atoms with Crippen LogP contribution in [-0.2, 0) is 14.3 Å². The van der Waals surface area contributed by atoms with Crippen molar-refractivity contribution in [2.45, 2.75) is 39.3 Å². The van der Waals surface area contributed by atoms with E-state index >= 15 is 0 Å². The lowest BCUT2D eigenvalue weighted by molar-refractivity contribution is -0.144. The van der Waals surface area contributed by atoms with E-state index in [4.69, 9.17) is 5.73 Å². The third kappa shape index (κ3) is 5.37. The van der Waals surface area contributed by atoms with Gasteiger partial charge in [0.15, 0.2) is 0 Å². The second-order valence-corrected chi connectivity index (χ2v) is 3.92. The number of carbonyl (C=O) groups is 2. The van der Waals surface area contributed by atoms with Gasteiger partial charge in [0.1, 0.15) is 6.04 Å². The quantitative estimate of drug-likeness (QED) is 0.636. The minimum absolute atomic E-state index is 0.185. The molecule has 0 bridgehead atoms. The summed E-state index contributed by atoms with van der Waals surface area (Å²) in [6.45, 7) is 5.47. The summed E-state index contributed by atoms with van der Waals surface area (Å²) in [4.78, 5) is 22.4. The predicted octanol–water partition coefficient (Wildman–Crippen LogP) is 0.0375. The SMILES string of the molecule is COC(=O)[C@H](C)NC(=O)CC(N)C(C)C. The van der Waals surface area contributed by atoms with Crippen LogP contribution < -0.4 is 11.1 Å². The van der Waals surface area contributed by atoms with E-state index in [0.717, 1.165) is 0 Å². The molecule has 0 heterocycles. The summed E-state index contributed by atoms with van der Waals surface area (Å²) in [6.07, 6.45) is 0.221. The molecular weight excluding hydrogens is 196 g/mol. The number of amides is 1. The molecular formula is C10H20N2O3. The number of hydrogen-bond donors (Lipinski definition) is 2. The Hall–Kier alpha value is -1.10. The van der Waals surface area contributed by atoms with Crippen molar-refractivity contribution in [3.05, 3.63) is 0 Å². The standard InChI is InChI=1S/C10H20N2O3/c1-6(2)8(11)5-9(13)12-7(3)10(14)15-4/h6-8H,5,11H2,1-4H3,(H,12,13)/t7-,8?/m0/s1. The Kier molecular flexibility index (Phi) is 5.93. The van der Waals surface area contributed by atoms with Crippen molar-refractivity contribution >= 4 is 11.9 Å². The van der Waals surface area contributed by atoms with Crippen molar-refractivity contribution in [2.24, 2.45) is 11.7 Å². The number of methoxy groups -OCH3 is 1. The van der Waals surface area contributed by atoms with Gasteiger partial charge in [-0.1, -0.05) is 13.8 Å². The van der Waals surface area contributed by atoms with Crippen LogP contribution in [0.4, 0.5) is 0 Å². The molecule has 2 atom stereocenters. The number of esters is 1. The zero-order chi connectivity index (χ0) is 12.0. The summed E-state index contributed by atoms with van der Waals surface area (Å²) in [6, 6.07) is -0.809. The smallest absolute Gasteiger partial charge is 0.328 e. The van der Waals surface area contributed by atoms with Crippen molar-refractivity contribution in [1.29, 1.82) is 0 Å². The fourth-order valence-electron chi connectivity index (χ4n) is 0.986. The average molecular weight is 216 g/mol. The number of hydrogen-bond acceptors (Lipinski definition) is 4. The topological polar surface area (TPSA) is 81.4 Å². The molecule has 0 radical (unpaired) electrons. The van der Waals surface area contributed by atoms with Gasteiger partial charge in [0, 0.05) is 12.5 Å². The van der Waals surface area contributed by atoms with Crippen LogP contribution in [0.2, 0.25) is 0 Å². The molecule has 0 fully saturated rings.